The summed E-state index contributed by atoms with van der Waals surface area (Å²) < 4.78 is 1.92. The lowest BCUT2D eigenvalue weighted by Gasteiger charge is -2.11. The lowest BCUT2D eigenvalue weighted by atomic mass is 10.2. The second-order valence-electron chi connectivity index (χ2n) is 5.69. The number of amides is 1. The molecule has 0 atom stereocenters. The fourth-order valence-electron chi connectivity index (χ4n) is 2.60. The Labute approximate surface area is 159 Å². The van der Waals surface area contributed by atoms with Crippen LogP contribution in [0.3, 0.4) is 0 Å². The van der Waals surface area contributed by atoms with E-state index < -0.39 is 0 Å². The van der Waals surface area contributed by atoms with Gasteiger partial charge in [-0.25, -0.2) is 4.98 Å². The number of anilines is 1. The summed E-state index contributed by atoms with van der Waals surface area (Å²) in [5.74, 6) is 0.110. The highest BCUT2D eigenvalue weighted by molar-refractivity contribution is 8.26. The van der Waals surface area contributed by atoms with Gasteiger partial charge in [-0.1, -0.05) is 30.0 Å². The molecule has 0 aromatic carbocycles. The summed E-state index contributed by atoms with van der Waals surface area (Å²) in [4.78, 5) is 31.8. The fourth-order valence-corrected chi connectivity index (χ4v) is 3.97. The highest BCUT2D eigenvalue weighted by Gasteiger charge is 2.31. The van der Waals surface area contributed by atoms with Crippen LogP contribution in [0.1, 0.15) is 18.1 Å². The Hall–Kier alpha value is -2.23. The van der Waals surface area contributed by atoms with Crippen molar-refractivity contribution in [3.8, 4) is 0 Å². The van der Waals surface area contributed by atoms with Crippen molar-refractivity contribution in [1.29, 1.82) is 0 Å². The van der Waals surface area contributed by atoms with Crippen LogP contribution in [0.15, 0.2) is 28.0 Å². The molecule has 0 spiro atoms. The molecule has 0 saturated carbocycles. The van der Waals surface area contributed by atoms with Gasteiger partial charge in [0.1, 0.15) is 15.8 Å². The van der Waals surface area contributed by atoms with E-state index in [-0.39, 0.29) is 30.2 Å². The molecule has 7 nitrogen and oxygen atoms in total. The summed E-state index contributed by atoms with van der Waals surface area (Å²) >= 11 is 6.39. The Kier molecular flexibility index (Phi) is 5.40. The summed E-state index contributed by atoms with van der Waals surface area (Å²) in [5, 5.41) is 12.0. The van der Waals surface area contributed by atoms with Gasteiger partial charge < -0.3 is 10.4 Å². The van der Waals surface area contributed by atoms with Gasteiger partial charge in [0.2, 0.25) is 0 Å². The van der Waals surface area contributed by atoms with Crippen LogP contribution in [0.5, 0.6) is 0 Å². The third-order valence-electron chi connectivity index (χ3n) is 3.88. The van der Waals surface area contributed by atoms with Crippen LogP contribution in [0, 0.1) is 6.92 Å². The summed E-state index contributed by atoms with van der Waals surface area (Å²) in [5.41, 5.74) is 1.37. The van der Waals surface area contributed by atoms with Crippen LogP contribution in [-0.2, 0) is 4.79 Å². The zero-order chi connectivity index (χ0) is 18.8. The number of aryl methyl sites for hydroxylation is 1. The monoisotopic (exact) mass is 390 g/mol. The Morgan fingerprint density at radius 2 is 2.15 bits per heavy atom. The molecule has 2 aromatic rings. The molecule has 3 heterocycles. The molecule has 0 bridgehead atoms. The first-order chi connectivity index (χ1) is 12.5. The predicted molar refractivity (Wildman–Crippen MR) is 107 cm³/mol. The highest BCUT2D eigenvalue weighted by atomic mass is 32.2. The van der Waals surface area contributed by atoms with Gasteiger partial charge in [-0.15, -0.1) is 0 Å². The average Bonchev–Trinajstić information content (AvgIpc) is 2.89. The van der Waals surface area contributed by atoms with Crippen LogP contribution >= 0.6 is 24.0 Å². The maximum absolute atomic E-state index is 13.0. The standard InChI is InChI=1S/C17H18N4O3S2/c1-3-20-16(24)12(26-17(20)25)8-11-14(18-6-7-22)19-13-5-4-10(2)9-21(13)15(11)23/h4-5,8-9,18,22H,3,6-7H2,1-2H3/b12-8+. The van der Waals surface area contributed by atoms with Crippen LogP contribution in [0.4, 0.5) is 5.82 Å². The molecule has 26 heavy (non-hydrogen) atoms. The lowest BCUT2D eigenvalue weighted by molar-refractivity contribution is -0.121. The van der Waals surface area contributed by atoms with E-state index in [0.717, 1.165) is 5.56 Å². The Morgan fingerprint density at radius 3 is 2.81 bits per heavy atom. The second-order valence-corrected chi connectivity index (χ2v) is 7.37. The molecule has 0 aliphatic carbocycles. The number of pyridine rings is 1. The van der Waals surface area contributed by atoms with E-state index in [1.54, 1.807) is 12.3 Å². The van der Waals surface area contributed by atoms with Gasteiger partial charge in [0.15, 0.2) is 0 Å². The summed E-state index contributed by atoms with van der Waals surface area (Å²) in [6.45, 7) is 4.34. The molecule has 0 unspecified atom stereocenters. The fraction of sp³-hybridized carbons (Fsp3) is 0.294. The molecular weight excluding hydrogens is 372 g/mol. The number of nitrogens with zero attached hydrogens (tertiary/aromatic N) is 3. The van der Waals surface area contributed by atoms with Gasteiger partial charge in [-0.3, -0.25) is 18.9 Å². The number of rotatable bonds is 5. The summed E-state index contributed by atoms with van der Waals surface area (Å²) in [6, 6.07) is 3.62. The first-order valence-corrected chi connectivity index (χ1v) is 9.32. The third kappa shape index (κ3) is 3.37. The van der Waals surface area contributed by atoms with Crippen LogP contribution < -0.4 is 10.9 Å². The van der Waals surface area contributed by atoms with Crippen LogP contribution in [0.2, 0.25) is 0 Å². The number of nitrogens with one attached hydrogen (secondary N) is 1. The Balaban J connectivity index is 2.18. The average molecular weight is 390 g/mol. The summed E-state index contributed by atoms with van der Waals surface area (Å²) in [6.07, 6.45) is 3.23. The van der Waals surface area contributed by atoms with Crippen LogP contribution in [-0.4, -0.2) is 49.3 Å². The minimum atomic E-state index is -0.291. The molecule has 1 aliphatic rings. The number of carbonyl (C=O) groups is 1. The maximum Gasteiger partial charge on any atom is 0.267 e. The molecule has 1 aliphatic heterocycles. The number of hydrogen-bond acceptors (Lipinski definition) is 7. The lowest BCUT2D eigenvalue weighted by Crippen LogP contribution is -2.27. The number of fused-ring (bicyclic) bond motifs is 1. The molecule has 0 radical (unpaired) electrons. The van der Waals surface area contributed by atoms with Gasteiger partial charge in [0, 0.05) is 19.3 Å². The van der Waals surface area contributed by atoms with Gasteiger partial charge in [0.05, 0.1) is 17.1 Å². The molecule has 1 fully saturated rings. The normalized spacial score (nSPS) is 16.1. The Morgan fingerprint density at radius 1 is 1.38 bits per heavy atom. The largest absolute Gasteiger partial charge is 0.395 e. The number of thioether (sulfide) groups is 1. The van der Waals surface area contributed by atoms with Gasteiger partial charge >= 0.3 is 0 Å². The predicted octanol–water partition coefficient (Wildman–Crippen LogP) is 1.63. The molecule has 136 valence electrons. The molecular formula is C17H18N4O3S2. The van der Waals surface area contributed by atoms with Crippen LogP contribution in [0.25, 0.3) is 11.7 Å². The quantitative estimate of drug-likeness (QED) is 0.593. The molecule has 9 heteroatoms. The van der Waals surface area contributed by atoms with Crippen molar-refractivity contribution in [2.24, 2.45) is 0 Å². The van der Waals surface area contributed by atoms with Gasteiger partial charge in [-0.2, -0.15) is 0 Å². The van der Waals surface area contributed by atoms with Crippen molar-refractivity contribution in [1.82, 2.24) is 14.3 Å². The first-order valence-electron chi connectivity index (χ1n) is 8.09. The highest BCUT2D eigenvalue weighted by Crippen LogP contribution is 2.32. The van der Waals surface area contributed by atoms with E-state index in [4.69, 9.17) is 17.3 Å². The number of hydrogen-bond donors (Lipinski definition) is 2. The minimum Gasteiger partial charge on any atom is -0.395 e. The number of likely N-dealkylation sites (N-methyl/N-ethyl adjacent to an activating group) is 1. The number of aliphatic hydroxyl groups excluding tert-OH is 1. The molecule has 2 N–H and O–H groups in total. The number of aliphatic hydroxyl groups is 1. The third-order valence-corrected chi connectivity index (χ3v) is 5.25. The zero-order valence-corrected chi connectivity index (χ0v) is 16.0. The van der Waals surface area contributed by atoms with Gasteiger partial charge in [0.25, 0.3) is 11.5 Å². The number of thiocarbonyl (C=S) groups is 1. The van der Waals surface area contributed by atoms with Crippen molar-refractivity contribution >= 4 is 51.7 Å². The second kappa shape index (κ2) is 7.56. The van der Waals surface area contributed by atoms with E-state index in [9.17, 15) is 9.59 Å². The van der Waals surface area contributed by atoms with Crippen molar-refractivity contribution < 1.29 is 9.90 Å². The van der Waals surface area contributed by atoms with Crippen molar-refractivity contribution in [2.75, 3.05) is 25.0 Å². The Bertz CT molecular complexity index is 984. The zero-order valence-electron chi connectivity index (χ0n) is 14.4. The minimum absolute atomic E-state index is 0.105. The topological polar surface area (TPSA) is 86.9 Å². The van der Waals surface area contributed by atoms with E-state index in [2.05, 4.69) is 10.3 Å². The van der Waals surface area contributed by atoms with E-state index >= 15 is 0 Å². The van der Waals surface area contributed by atoms with Crippen molar-refractivity contribution in [3.63, 3.8) is 0 Å². The molecule has 1 saturated heterocycles. The van der Waals surface area contributed by atoms with Crippen molar-refractivity contribution in [2.45, 2.75) is 13.8 Å². The SMILES string of the molecule is CCN1C(=O)/C(=C\c2c(NCCO)nc3ccc(C)cn3c2=O)SC1=S. The number of carbonyl (C=O) groups excluding carboxylic acids is 1. The van der Waals surface area contributed by atoms with E-state index in [1.807, 2.05) is 19.9 Å². The molecule has 1 amide bonds. The molecule has 2 aromatic heterocycles. The van der Waals surface area contributed by atoms with Gasteiger partial charge in [-0.05, 0) is 31.6 Å². The molecule has 3 rings (SSSR count). The smallest absolute Gasteiger partial charge is 0.267 e. The van der Waals surface area contributed by atoms with Crippen molar-refractivity contribution in [3.05, 3.63) is 44.7 Å². The maximum atomic E-state index is 13.0. The van der Waals surface area contributed by atoms with E-state index in [0.29, 0.717) is 27.2 Å². The number of aromatic nitrogens is 2. The first kappa shape index (κ1) is 18.6. The summed E-state index contributed by atoms with van der Waals surface area (Å²) in [7, 11) is 0. The van der Waals surface area contributed by atoms with E-state index in [1.165, 1.54) is 27.1 Å².